The fraction of sp³-hybridized carbons (Fsp3) is 0.474. The molecule has 0 N–H and O–H groups in total. The summed E-state index contributed by atoms with van der Waals surface area (Å²) < 4.78 is 11.6. The highest BCUT2D eigenvalue weighted by Crippen LogP contribution is 2.46. The third-order valence-electron chi connectivity index (χ3n) is 5.03. The lowest BCUT2D eigenvalue weighted by Crippen LogP contribution is -2.63. The number of rotatable bonds is 4. The molecular weight excluding hydrogens is 304 g/mol. The van der Waals surface area contributed by atoms with Crippen LogP contribution in [0.25, 0.3) is 0 Å². The van der Waals surface area contributed by atoms with Gasteiger partial charge in [0, 0.05) is 31.8 Å². The molecule has 128 valence electrons. The van der Waals surface area contributed by atoms with Gasteiger partial charge in [0.15, 0.2) is 5.89 Å². The molecule has 1 saturated carbocycles. The molecule has 1 aromatic heterocycles. The molecule has 5 nitrogen and oxygen atoms in total. The first kappa shape index (κ1) is 16.6. The molecule has 2 unspecified atom stereocenters. The van der Waals surface area contributed by atoms with Gasteiger partial charge >= 0.3 is 0 Å². The lowest BCUT2D eigenvalue weighted by atomic mass is 9.63. The van der Waals surface area contributed by atoms with Gasteiger partial charge in [0.25, 0.3) is 5.91 Å². The minimum absolute atomic E-state index is 0.0812. The van der Waals surface area contributed by atoms with Gasteiger partial charge in [-0.05, 0) is 19.1 Å². The third kappa shape index (κ3) is 2.79. The molecule has 1 aromatic carbocycles. The van der Waals surface area contributed by atoms with Gasteiger partial charge in [0.2, 0.25) is 5.76 Å². The highest BCUT2D eigenvalue weighted by atomic mass is 16.5. The number of aromatic nitrogens is 1. The molecule has 0 saturated heterocycles. The van der Waals surface area contributed by atoms with E-state index >= 15 is 0 Å². The lowest BCUT2D eigenvalue weighted by molar-refractivity contribution is -0.0891. The van der Waals surface area contributed by atoms with Gasteiger partial charge < -0.3 is 14.1 Å². The van der Waals surface area contributed by atoms with Crippen molar-refractivity contribution in [2.75, 3.05) is 7.05 Å². The second-order valence-corrected chi connectivity index (χ2v) is 7.06. The van der Waals surface area contributed by atoms with Crippen molar-refractivity contribution in [1.29, 1.82) is 0 Å². The Hall–Kier alpha value is -2.30. The van der Waals surface area contributed by atoms with Crippen LogP contribution in [0.5, 0.6) is 5.75 Å². The summed E-state index contributed by atoms with van der Waals surface area (Å²) in [7, 11) is 1.82. The predicted molar refractivity (Wildman–Crippen MR) is 91.1 cm³/mol. The van der Waals surface area contributed by atoms with E-state index in [-0.39, 0.29) is 23.5 Å². The Balaban J connectivity index is 1.70. The van der Waals surface area contributed by atoms with Crippen molar-refractivity contribution in [2.45, 2.75) is 46.3 Å². The van der Waals surface area contributed by atoms with Crippen LogP contribution in [-0.4, -0.2) is 35.0 Å². The zero-order valence-corrected chi connectivity index (χ0v) is 14.9. The van der Waals surface area contributed by atoms with Gasteiger partial charge in [0.1, 0.15) is 11.9 Å². The number of hydrogen-bond donors (Lipinski definition) is 0. The molecule has 5 heteroatoms. The number of ether oxygens (including phenoxy) is 1. The summed E-state index contributed by atoms with van der Waals surface area (Å²) >= 11 is 0. The Kier molecular flexibility index (Phi) is 4.11. The first-order chi connectivity index (χ1) is 11.3. The minimum Gasteiger partial charge on any atom is -0.490 e. The highest BCUT2D eigenvalue weighted by molar-refractivity contribution is 5.92. The van der Waals surface area contributed by atoms with Crippen LogP contribution in [0.4, 0.5) is 0 Å². The van der Waals surface area contributed by atoms with Crippen molar-refractivity contribution < 1.29 is 13.9 Å². The fourth-order valence-electron chi connectivity index (χ4n) is 3.42. The van der Waals surface area contributed by atoms with Crippen LogP contribution < -0.4 is 4.74 Å². The molecular formula is C19H24N2O3. The van der Waals surface area contributed by atoms with E-state index in [2.05, 4.69) is 18.8 Å². The number of carbonyl (C=O) groups is 1. The summed E-state index contributed by atoms with van der Waals surface area (Å²) in [5, 5.41) is 0. The van der Waals surface area contributed by atoms with Gasteiger partial charge in [-0.1, -0.05) is 32.0 Å². The maximum atomic E-state index is 12.7. The normalized spacial score (nSPS) is 21.9. The molecule has 0 bridgehead atoms. The summed E-state index contributed by atoms with van der Waals surface area (Å²) in [6, 6.07) is 9.91. The summed E-state index contributed by atoms with van der Waals surface area (Å²) in [5.41, 5.74) is 0.502. The summed E-state index contributed by atoms with van der Waals surface area (Å²) in [6.45, 7) is 7.82. The van der Waals surface area contributed by atoms with E-state index in [9.17, 15) is 4.79 Å². The van der Waals surface area contributed by atoms with Crippen LogP contribution in [0.2, 0.25) is 0 Å². The van der Waals surface area contributed by atoms with E-state index in [4.69, 9.17) is 9.15 Å². The molecule has 3 rings (SSSR count). The maximum Gasteiger partial charge on any atom is 0.291 e. The molecule has 1 fully saturated rings. The van der Waals surface area contributed by atoms with Crippen LogP contribution in [0.15, 0.2) is 34.7 Å². The van der Waals surface area contributed by atoms with E-state index in [0.717, 1.165) is 12.2 Å². The number of oxazole rings is 1. The van der Waals surface area contributed by atoms with Crippen LogP contribution in [0.1, 0.15) is 42.4 Å². The molecule has 1 heterocycles. The smallest absolute Gasteiger partial charge is 0.291 e. The zero-order valence-electron chi connectivity index (χ0n) is 14.9. The van der Waals surface area contributed by atoms with Crippen molar-refractivity contribution >= 4 is 5.91 Å². The largest absolute Gasteiger partial charge is 0.490 e. The van der Waals surface area contributed by atoms with Crippen LogP contribution in [-0.2, 0) is 0 Å². The molecule has 2 aromatic rings. The maximum absolute atomic E-state index is 12.7. The second kappa shape index (κ2) is 5.96. The number of nitrogens with zero attached hydrogens (tertiary/aromatic N) is 2. The van der Waals surface area contributed by atoms with Crippen LogP contribution in [0, 0.1) is 19.3 Å². The van der Waals surface area contributed by atoms with E-state index in [1.165, 1.54) is 0 Å². The molecule has 1 aliphatic carbocycles. The molecule has 24 heavy (non-hydrogen) atoms. The SMILES string of the molecule is Cc1nc(C)c(C(=O)N(C)C2CC(Oc3ccccc3)C2(C)C)o1. The molecule has 2 atom stereocenters. The number of benzene rings is 1. The van der Waals surface area contributed by atoms with E-state index in [1.807, 2.05) is 37.4 Å². The van der Waals surface area contributed by atoms with Gasteiger partial charge in [-0.25, -0.2) is 4.98 Å². The molecule has 0 radical (unpaired) electrons. The van der Waals surface area contributed by atoms with Crippen LogP contribution in [0.3, 0.4) is 0 Å². The number of amides is 1. The average molecular weight is 328 g/mol. The fourth-order valence-corrected chi connectivity index (χ4v) is 3.42. The molecule has 1 amide bonds. The van der Waals surface area contributed by atoms with Crippen molar-refractivity contribution in [3.8, 4) is 5.75 Å². The van der Waals surface area contributed by atoms with Gasteiger partial charge in [0.05, 0.1) is 5.69 Å². The first-order valence-electron chi connectivity index (χ1n) is 8.23. The van der Waals surface area contributed by atoms with Gasteiger partial charge in [-0.3, -0.25) is 4.79 Å². The number of aryl methyl sites for hydroxylation is 2. The summed E-state index contributed by atoms with van der Waals surface area (Å²) in [4.78, 5) is 18.7. The Morgan fingerprint density at radius 3 is 2.50 bits per heavy atom. The number of hydrogen-bond acceptors (Lipinski definition) is 4. The van der Waals surface area contributed by atoms with Crippen molar-refractivity contribution in [3.63, 3.8) is 0 Å². The third-order valence-corrected chi connectivity index (χ3v) is 5.03. The molecule has 0 aliphatic heterocycles. The first-order valence-corrected chi connectivity index (χ1v) is 8.23. The number of para-hydroxylation sites is 1. The quantitative estimate of drug-likeness (QED) is 0.860. The van der Waals surface area contributed by atoms with E-state index in [1.54, 1.807) is 18.7 Å². The highest BCUT2D eigenvalue weighted by Gasteiger charge is 2.53. The Morgan fingerprint density at radius 2 is 1.96 bits per heavy atom. The summed E-state index contributed by atoms with van der Waals surface area (Å²) in [5.74, 6) is 1.59. The van der Waals surface area contributed by atoms with Crippen molar-refractivity contribution in [1.82, 2.24) is 9.88 Å². The zero-order chi connectivity index (χ0) is 17.5. The van der Waals surface area contributed by atoms with Gasteiger partial charge in [-0.15, -0.1) is 0 Å². The van der Waals surface area contributed by atoms with E-state index < -0.39 is 0 Å². The van der Waals surface area contributed by atoms with Crippen LogP contribution >= 0.6 is 0 Å². The lowest BCUT2D eigenvalue weighted by Gasteiger charge is -2.54. The minimum atomic E-state index is -0.136. The predicted octanol–water partition coefficient (Wildman–Crippen LogP) is 3.61. The molecule has 1 aliphatic rings. The number of carbonyl (C=O) groups excluding carboxylic acids is 1. The average Bonchev–Trinajstić information content (AvgIpc) is 2.89. The van der Waals surface area contributed by atoms with Crippen molar-refractivity contribution in [2.24, 2.45) is 5.41 Å². The Labute approximate surface area is 142 Å². The monoisotopic (exact) mass is 328 g/mol. The summed E-state index contributed by atoms with van der Waals surface area (Å²) in [6.07, 6.45) is 0.883. The molecule has 0 spiro atoms. The topological polar surface area (TPSA) is 55.6 Å². The van der Waals surface area contributed by atoms with Crippen molar-refractivity contribution in [3.05, 3.63) is 47.7 Å². The standard InChI is InChI=1S/C19H24N2O3/c1-12-17(23-13(2)20-12)18(22)21(5)15-11-16(19(15,3)4)24-14-9-7-6-8-10-14/h6-10,15-16H,11H2,1-5H3. The Morgan fingerprint density at radius 1 is 1.29 bits per heavy atom. The van der Waals surface area contributed by atoms with E-state index in [0.29, 0.717) is 17.3 Å². The van der Waals surface area contributed by atoms with Gasteiger partial charge in [-0.2, -0.15) is 0 Å². The Bertz CT molecular complexity index is 736. The second-order valence-electron chi connectivity index (χ2n) is 7.06.